The van der Waals surface area contributed by atoms with E-state index >= 15 is 0 Å². The first-order valence-electron chi connectivity index (χ1n) is 10.4. The van der Waals surface area contributed by atoms with E-state index in [1.165, 1.54) is 5.57 Å². The second-order valence-corrected chi connectivity index (χ2v) is 9.59. The third-order valence-electron chi connectivity index (χ3n) is 7.59. The molecule has 0 N–H and O–H groups in total. The summed E-state index contributed by atoms with van der Waals surface area (Å²) in [6.07, 6.45) is 6.64. The molecule has 3 heterocycles. The van der Waals surface area contributed by atoms with Crippen molar-refractivity contribution in [1.29, 1.82) is 0 Å². The Morgan fingerprint density at radius 2 is 2.04 bits per heavy atom. The van der Waals surface area contributed by atoms with Crippen LogP contribution in [0.3, 0.4) is 0 Å². The molecule has 2 bridgehead atoms. The van der Waals surface area contributed by atoms with Crippen LogP contribution in [-0.4, -0.2) is 36.5 Å². The van der Waals surface area contributed by atoms with Gasteiger partial charge >= 0.3 is 5.97 Å². The van der Waals surface area contributed by atoms with Gasteiger partial charge in [0.05, 0.1) is 24.4 Å². The van der Waals surface area contributed by atoms with Gasteiger partial charge in [0.25, 0.3) is 0 Å². The summed E-state index contributed by atoms with van der Waals surface area (Å²) in [5.41, 5.74) is 1.14. The Morgan fingerprint density at radius 3 is 2.77 bits per heavy atom. The zero-order valence-electron chi connectivity index (χ0n) is 16.9. The highest BCUT2D eigenvalue weighted by atomic mass is 16.6. The van der Waals surface area contributed by atoms with E-state index in [4.69, 9.17) is 14.2 Å². The molecule has 0 radical (unpaired) electrons. The minimum absolute atomic E-state index is 0.0365. The lowest BCUT2D eigenvalue weighted by Gasteiger charge is -2.46. The van der Waals surface area contributed by atoms with Gasteiger partial charge < -0.3 is 14.2 Å². The van der Waals surface area contributed by atoms with Crippen LogP contribution in [0.4, 0.5) is 0 Å². The lowest BCUT2D eigenvalue weighted by molar-refractivity contribution is -0.160. The van der Waals surface area contributed by atoms with Gasteiger partial charge in [-0.25, -0.2) is 0 Å². The molecule has 4 unspecified atom stereocenters. The number of ether oxygens (including phenoxy) is 3. The number of allylic oxidation sites excluding steroid dienone is 1. The Hall–Kier alpha value is -0.870. The molecule has 9 atom stereocenters. The summed E-state index contributed by atoms with van der Waals surface area (Å²) < 4.78 is 19.2. The largest absolute Gasteiger partial charge is 0.462 e. The summed E-state index contributed by atoms with van der Waals surface area (Å²) in [5, 5.41) is 0. The number of fused-ring (bicyclic) bond motifs is 2. The topological polar surface area (TPSA) is 44.8 Å². The van der Waals surface area contributed by atoms with E-state index in [9.17, 15) is 4.79 Å². The van der Waals surface area contributed by atoms with E-state index in [0.717, 1.165) is 32.3 Å². The molecule has 4 heteroatoms. The molecule has 4 rings (SSSR count). The average molecular weight is 363 g/mol. The highest BCUT2D eigenvalue weighted by Gasteiger charge is 2.62. The van der Waals surface area contributed by atoms with Crippen LogP contribution in [0.5, 0.6) is 0 Å². The van der Waals surface area contributed by atoms with E-state index in [1.807, 2.05) is 0 Å². The fraction of sp³-hybridized carbons (Fsp3) is 0.864. The molecule has 3 aliphatic heterocycles. The molecule has 0 aromatic rings. The van der Waals surface area contributed by atoms with Crippen LogP contribution in [0.15, 0.2) is 11.6 Å². The number of carbonyl (C=O) groups is 1. The number of hydrogen-bond acceptors (Lipinski definition) is 4. The van der Waals surface area contributed by atoms with Crippen molar-refractivity contribution in [2.45, 2.75) is 84.2 Å². The molecule has 1 saturated carbocycles. The normalized spacial score (nSPS) is 52.7. The highest BCUT2D eigenvalue weighted by molar-refractivity contribution is 5.66. The van der Waals surface area contributed by atoms with Crippen molar-refractivity contribution >= 4 is 5.97 Å². The third kappa shape index (κ3) is 2.93. The summed E-state index contributed by atoms with van der Waals surface area (Å²) in [4.78, 5) is 11.8. The zero-order chi connectivity index (χ0) is 18.6. The molecule has 2 saturated heterocycles. The van der Waals surface area contributed by atoms with Crippen LogP contribution in [0, 0.1) is 29.6 Å². The summed E-state index contributed by atoms with van der Waals surface area (Å²) in [6.45, 7) is 11.4. The van der Waals surface area contributed by atoms with Crippen molar-refractivity contribution in [2.75, 3.05) is 6.61 Å². The average Bonchev–Trinajstić information content (AvgIpc) is 2.92. The van der Waals surface area contributed by atoms with Crippen molar-refractivity contribution in [1.82, 2.24) is 0 Å². The molecule has 0 spiro atoms. The zero-order valence-corrected chi connectivity index (χ0v) is 16.9. The Kier molecular flexibility index (Phi) is 4.71. The molecule has 146 valence electrons. The van der Waals surface area contributed by atoms with Crippen LogP contribution < -0.4 is 0 Å². The third-order valence-corrected chi connectivity index (χ3v) is 7.59. The van der Waals surface area contributed by atoms with Crippen LogP contribution in [0.1, 0.15) is 60.3 Å². The Labute approximate surface area is 157 Å². The van der Waals surface area contributed by atoms with E-state index < -0.39 is 0 Å². The summed E-state index contributed by atoms with van der Waals surface area (Å²) in [7, 11) is 0. The SMILES string of the molecule is CC(=O)OC1[C@H]2C3C/C(C)=C\CC[C@]4(C)OC[C@H](C)C(C[C@H]1C)[C@@H]2C4O3. The predicted octanol–water partition coefficient (Wildman–Crippen LogP) is 4.13. The molecule has 0 aromatic carbocycles. The van der Waals surface area contributed by atoms with E-state index in [2.05, 4.69) is 33.8 Å². The maximum Gasteiger partial charge on any atom is 0.302 e. The molecular weight excluding hydrogens is 328 g/mol. The molecule has 4 nitrogen and oxygen atoms in total. The van der Waals surface area contributed by atoms with Gasteiger partial charge in [0.2, 0.25) is 0 Å². The summed E-state index contributed by atoms with van der Waals surface area (Å²) in [5.74, 6) is 2.01. The van der Waals surface area contributed by atoms with E-state index in [0.29, 0.717) is 23.7 Å². The van der Waals surface area contributed by atoms with Gasteiger partial charge in [-0.1, -0.05) is 25.5 Å². The molecule has 4 aliphatic rings. The van der Waals surface area contributed by atoms with Crippen molar-refractivity contribution in [3.8, 4) is 0 Å². The number of esters is 1. The van der Waals surface area contributed by atoms with Crippen LogP contribution >= 0.6 is 0 Å². The summed E-state index contributed by atoms with van der Waals surface area (Å²) >= 11 is 0. The van der Waals surface area contributed by atoms with Gasteiger partial charge in [-0.2, -0.15) is 0 Å². The fourth-order valence-corrected chi connectivity index (χ4v) is 6.34. The van der Waals surface area contributed by atoms with Gasteiger partial charge in [0.1, 0.15) is 6.10 Å². The van der Waals surface area contributed by atoms with E-state index in [1.54, 1.807) is 6.92 Å². The quantitative estimate of drug-likeness (QED) is 0.520. The number of carbonyl (C=O) groups excluding carboxylic acids is 1. The number of hydrogen-bond donors (Lipinski definition) is 0. The highest BCUT2D eigenvalue weighted by Crippen LogP contribution is 2.57. The van der Waals surface area contributed by atoms with Crippen LogP contribution in [0.25, 0.3) is 0 Å². The van der Waals surface area contributed by atoms with Gasteiger partial charge in [-0.15, -0.1) is 0 Å². The standard InChI is InChI=1S/C22H34O4/c1-12-7-6-8-22(5)21-18-16(14(3)11-24-22)10-13(2)20(25-15(4)23)19(18)17(9-12)26-21/h7,13-14,16-21H,6,8-11H2,1-5H3/b12-7-/t13-,14+,16?,17?,18+,19+,20?,21?,22+/m1/s1. The first kappa shape index (κ1) is 18.5. The lowest BCUT2D eigenvalue weighted by Crippen LogP contribution is -2.51. The Morgan fingerprint density at radius 1 is 1.27 bits per heavy atom. The number of rotatable bonds is 1. The van der Waals surface area contributed by atoms with Gasteiger partial charge in [-0.3, -0.25) is 4.79 Å². The van der Waals surface area contributed by atoms with Gasteiger partial charge in [0, 0.05) is 12.8 Å². The molecule has 26 heavy (non-hydrogen) atoms. The smallest absolute Gasteiger partial charge is 0.302 e. The molecule has 0 amide bonds. The van der Waals surface area contributed by atoms with E-state index in [-0.39, 0.29) is 35.8 Å². The molecular formula is C22H34O4. The second kappa shape index (κ2) is 6.63. The minimum atomic E-state index is -0.247. The first-order valence-corrected chi connectivity index (χ1v) is 10.4. The van der Waals surface area contributed by atoms with Crippen LogP contribution in [-0.2, 0) is 19.0 Å². The maximum atomic E-state index is 11.8. The lowest BCUT2D eigenvalue weighted by atomic mass is 9.59. The van der Waals surface area contributed by atoms with Crippen molar-refractivity contribution in [2.24, 2.45) is 29.6 Å². The van der Waals surface area contributed by atoms with Gasteiger partial charge in [0.15, 0.2) is 0 Å². The Bertz CT molecular complexity index is 599. The summed E-state index contributed by atoms with van der Waals surface area (Å²) in [6, 6.07) is 0. The minimum Gasteiger partial charge on any atom is -0.462 e. The van der Waals surface area contributed by atoms with Crippen LogP contribution in [0.2, 0.25) is 0 Å². The fourth-order valence-electron chi connectivity index (χ4n) is 6.34. The van der Waals surface area contributed by atoms with Crippen molar-refractivity contribution in [3.63, 3.8) is 0 Å². The predicted molar refractivity (Wildman–Crippen MR) is 99.6 cm³/mol. The second-order valence-electron chi connectivity index (χ2n) is 9.59. The Balaban J connectivity index is 1.79. The monoisotopic (exact) mass is 362 g/mol. The van der Waals surface area contributed by atoms with Gasteiger partial charge in [-0.05, 0) is 63.2 Å². The molecule has 3 fully saturated rings. The van der Waals surface area contributed by atoms with Crippen molar-refractivity contribution < 1.29 is 19.0 Å². The first-order chi connectivity index (χ1) is 12.3. The molecule has 1 aliphatic carbocycles. The molecule has 0 aromatic heterocycles. The van der Waals surface area contributed by atoms with Crippen molar-refractivity contribution in [3.05, 3.63) is 11.6 Å². The maximum absolute atomic E-state index is 11.8.